The van der Waals surface area contributed by atoms with Gasteiger partial charge in [-0.1, -0.05) is 64.4 Å². The second kappa shape index (κ2) is 14.1. The van der Waals surface area contributed by atoms with Crippen molar-refractivity contribution in [3.8, 4) is 0 Å². The van der Waals surface area contributed by atoms with Crippen LogP contribution in [0.2, 0.25) is 0 Å². The SMILES string of the molecule is CCCCCCCCCCc1ccc2oc(CCCCCN)nc2c1.Cl. The fourth-order valence-corrected chi connectivity index (χ4v) is 3.34. The number of aryl methyl sites for hydroxylation is 2. The van der Waals surface area contributed by atoms with Crippen LogP contribution >= 0.6 is 12.4 Å². The third-order valence-corrected chi connectivity index (χ3v) is 4.91. The van der Waals surface area contributed by atoms with E-state index in [1.165, 1.54) is 56.9 Å². The van der Waals surface area contributed by atoms with Crippen molar-refractivity contribution < 1.29 is 4.42 Å². The van der Waals surface area contributed by atoms with E-state index in [4.69, 9.17) is 10.2 Å². The van der Waals surface area contributed by atoms with Crippen molar-refractivity contribution in [3.63, 3.8) is 0 Å². The highest BCUT2D eigenvalue weighted by Crippen LogP contribution is 2.20. The lowest BCUT2D eigenvalue weighted by atomic mass is 10.0. The minimum atomic E-state index is 0. The lowest BCUT2D eigenvalue weighted by molar-refractivity contribution is 0.511. The first-order valence-corrected chi connectivity index (χ1v) is 10.4. The molecular formula is C22H37ClN2O. The first kappa shape index (κ1) is 23.0. The van der Waals surface area contributed by atoms with Crippen LogP contribution in [0.3, 0.4) is 0 Å². The molecule has 1 heterocycles. The van der Waals surface area contributed by atoms with Crippen LogP contribution in [-0.2, 0) is 12.8 Å². The summed E-state index contributed by atoms with van der Waals surface area (Å²) in [7, 11) is 0. The van der Waals surface area contributed by atoms with E-state index in [1.807, 2.05) is 0 Å². The molecule has 0 amide bonds. The standard InChI is InChI=1S/C22H36N2O.ClH/c1-2-3-4-5-6-7-8-10-13-19-15-16-21-20(18-19)24-22(25-21)14-11-9-12-17-23;/h15-16,18H,2-14,17,23H2,1H3;1H. The van der Waals surface area contributed by atoms with Crippen LogP contribution in [0.5, 0.6) is 0 Å². The van der Waals surface area contributed by atoms with Crippen molar-refractivity contribution in [2.45, 2.75) is 90.4 Å². The minimum absolute atomic E-state index is 0. The molecule has 148 valence electrons. The van der Waals surface area contributed by atoms with Gasteiger partial charge >= 0.3 is 0 Å². The highest BCUT2D eigenvalue weighted by Gasteiger charge is 2.06. The van der Waals surface area contributed by atoms with E-state index in [0.29, 0.717) is 0 Å². The van der Waals surface area contributed by atoms with E-state index in [9.17, 15) is 0 Å². The molecule has 2 rings (SSSR count). The predicted octanol–water partition coefficient (Wildman–Crippen LogP) is 6.60. The summed E-state index contributed by atoms with van der Waals surface area (Å²) in [5.74, 6) is 0.872. The number of fused-ring (bicyclic) bond motifs is 1. The largest absolute Gasteiger partial charge is 0.441 e. The number of hydrogen-bond donors (Lipinski definition) is 1. The molecule has 26 heavy (non-hydrogen) atoms. The van der Waals surface area contributed by atoms with Gasteiger partial charge in [-0.05, 0) is 49.9 Å². The zero-order chi connectivity index (χ0) is 17.7. The Morgan fingerprint density at radius 1 is 0.846 bits per heavy atom. The van der Waals surface area contributed by atoms with Gasteiger partial charge in [0.1, 0.15) is 5.52 Å². The molecule has 1 aromatic heterocycles. The van der Waals surface area contributed by atoms with Crippen molar-refractivity contribution >= 4 is 23.5 Å². The zero-order valence-corrected chi connectivity index (χ0v) is 17.3. The Labute approximate surface area is 165 Å². The van der Waals surface area contributed by atoms with E-state index in [0.717, 1.165) is 55.6 Å². The summed E-state index contributed by atoms with van der Waals surface area (Å²) in [6.07, 6.45) is 16.4. The smallest absolute Gasteiger partial charge is 0.195 e. The Kier molecular flexibility index (Phi) is 12.4. The number of benzene rings is 1. The summed E-state index contributed by atoms with van der Waals surface area (Å²) < 4.78 is 5.85. The third kappa shape index (κ3) is 8.55. The molecule has 0 aliphatic rings. The van der Waals surface area contributed by atoms with E-state index in [-0.39, 0.29) is 12.4 Å². The van der Waals surface area contributed by atoms with Crippen LogP contribution in [-0.4, -0.2) is 11.5 Å². The maximum atomic E-state index is 5.85. The zero-order valence-electron chi connectivity index (χ0n) is 16.5. The Morgan fingerprint density at radius 3 is 2.23 bits per heavy atom. The molecule has 0 atom stereocenters. The second-order valence-electron chi connectivity index (χ2n) is 7.23. The van der Waals surface area contributed by atoms with Crippen molar-refractivity contribution in [1.82, 2.24) is 4.98 Å². The summed E-state index contributed by atoms with van der Waals surface area (Å²) in [4.78, 5) is 4.66. The van der Waals surface area contributed by atoms with Crippen molar-refractivity contribution in [1.29, 1.82) is 0 Å². The lowest BCUT2D eigenvalue weighted by Gasteiger charge is -2.02. The third-order valence-electron chi connectivity index (χ3n) is 4.91. The lowest BCUT2D eigenvalue weighted by Crippen LogP contribution is -1.98. The fourth-order valence-electron chi connectivity index (χ4n) is 3.34. The van der Waals surface area contributed by atoms with Gasteiger partial charge in [0.2, 0.25) is 0 Å². The maximum absolute atomic E-state index is 5.85. The topological polar surface area (TPSA) is 52.0 Å². The molecule has 0 aliphatic carbocycles. The molecule has 1 aromatic carbocycles. The van der Waals surface area contributed by atoms with Crippen LogP contribution in [0, 0.1) is 0 Å². The second-order valence-corrected chi connectivity index (χ2v) is 7.23. The molecule has 0 radical (unpaired) electrons. The molecule has 2 N–H and O–H groups in total. The molecule has 0 saturated carbocycles. The fraction of sp³-hybridized carbons (Fsp3) is 0.682. The van der Waals surface area contributed by atoms with E-state index in [2.05, 4.69) is 30.1 Å². The molecule has 3 nitrogen and oxygen atoms in total. The molecule has 2 aromatic rings. The van der Waals surface area contributed by atoms with Crippen molar-refractivity contribution in [2.24, 2.45) is 5.73 Å². The molecule has 0 aliphatic heterocycles. The van der Waals surface area contributed by atoms with Gasteiger partial charge in [0, 0.05) is 6.42 Å². The summed E-state index contributed by atoms with van der Waals surface area (Å²) in [5.41, 5.74) is 8.87. The normalized spacial score (nSPS) is 11.0. The summed E-state index contributed by atoms with van der Waals surface area (Å²) in [5, 5.41) is 0. The number of unbranched alkanes of at least 4 members (excludes halogenated alkanes) is 9. The van der Waals surface area contributed by atoms with Crippen LogP contribution in [0.15, 0.2) is 22.6 Å². The van der Waals surface area contributed by atoms with Crippen molar-refractivity contribution in [2.75, 3.05) is 6.54 Å². The van der Waals surface area contributed by atoms with Crippen LogP contribution in [0.4, 0.5) is 0 Å². The number of halogens is 1. The summed E-state index contributed by atoms with van der Waals surface area (Å²) >= 11 is 0. The van der Waals surface area contributed by atoms with Crippen LogP contribution in [0.25, 0.3) is 11.1 Å². The quantitative estimate of drug-likeness (QED) is 0.375. The Hall–Kier alpha value is -1.06. The first-order valence-electron chi connectivity index (χ1n) is 10.4. The van der Waals surface area contributed by atoms with Gasteiger partial charge in [-0.2, -0.15) is 0 Å². The number of oxazole rings is 1. The summed E-state index contributed by atoms with van der Waals surface area (Å²) in [6, 6.07) is 6.50. The van der Waals surface area contributed by atoms with Crippen molar-refractivity contribution in [3.05, 3.63) is 29.7 Å². The number of nitrogens with two attached hydrogens (primary N) is 1. The molecule has 4 heteroatoms. The molecule has 0 unspecified atom stereocenters. The highest BCUT2D eigenvalue weighted by molar-refractivity contribution is 5.85. The van der Waals surface area contributed by atoms with Gasteiger partial charge in [-0.25, -0.2) is 4.98 Å². The van der Waals surface area contributed by atoms with Gasteiger partial charge in [0.25, 0.3) is 0 Å². The van der Waals surface area contributed by atoms with Crippen LogP contribution in [0.1, 0.15) is 89.0 Å². The van der Waals surface area contributed by atoms with Gasteiger partial charge in [-0.15, -0.1) is 12.4 Å². The van der Waals surface area contributed by atoms with Gasteiger partial charge in [0.15, 0.2) is 11.5 Å². The number of aromatic nitrogens is 1. The molecule has 0 spiro atoms. The predicted molar refractivity (Wildman–Crippen MR) is 114 cm³/mol. The first-order chi connectivity index (χ1) is 12.3. The van der Waals surface area contributed by atoms with Gasteiger partial charge in [-0.3, -0.25) is 0 Å². The monoisotopic (exact) mass is 380 g/mol. The molecular weight excluding hydrogens is 344 g/mol. The number of hydrogen-bond acceptors (Lipinski definition) is 3. The van der Waals surface area contributed by atoms with Gasteiger partial charge < -0.3 is 10.2 Å². The number of nitrogens with zero attached hydrogens (tertiary/aromatic N) is 1. The average Bonchev–Trinajstić information content (AvgIpc) is 3.03. The Balaban J connectivity index is 0.00000338. The van der Waals surface area contributed by atoms with Gasteiger partial charge in [0.05, 0.1) is 0 Å². The molecule has 0 fully saturated rings. The highest BCUT2D eigenvalue weighted by atomic mass is 35.5. The summed E-state index contributed by atoms with van der Waals surface area (Å²) in [6.45, 7) is 3.05. The minimum Gasteiger partial charge on any atom is -0.441 e. The van der Waals surface area contributed by atoms with E-state index >= 15 is 0 Å². The van der Waals surface area contributed by atoms with E-state index < -0.39 is 0 Å². The van der Waals surface area contributed by atoms with Crippen LogP contribution < -0.4 is 5.73 Å². The maximum Gasteiger partial charge on any atom is 0.195 e. The average molecular weight is 381 g/mol. The van der Waals surface area contributed by atoms with E-state index in [1.54, 1.807) is 0 Å². The molecule has 0 saturated heterocycles. The molecule has 0 bridgehead atoms. The Morgan fingerprint density at radius 2 is 1.50 bits per heavy atom. The Bertz CT molecular complexity index is 597. The number of rotatable bonds is 14.